The Balaban J connectivity index is 2.06. The number of amides is 1. The quantitative estimate of drug-likeness (QED) is 0.942. The molecule has 0 unspecified atom stereocenters. The van der Waals surface area contributed by atoms with Gasteiger partial charge in [-0.15, -0.1) is 0 Å². The second-order valence-corrected chi connectivity index (χ2v) is 4.92. The number of nitriles is 1. The van der Waals surface area contributed by atoms with E-state index in [0.29, 0.717) is 11.3 Å². The molecule has 94 valence electrons. The molecule has 0 saturated heterocycles. The van der Waals surface area contributed by atoms with Crippen LogP contribution in [-0.4, -0.2) is 5.91 Å². The van der Waals surface area contributed by atoms with Gasteiger partial charge >= 0.3 is 0 Å². The number of hydrogen-bond acceptors (Lipinski definition) is 2. The predicted octanol–water partition coefficient (Wildman–Crippen LogP) is 3.50. The zero-order chi connectivity index (χ0) is 13.7. The third kappa shape index (κ3) is 3.67. The van der Waals surface area contributed by atoms with Crippen molar-refractivity contribution in [2.75, 3.05) is 5.32 Å². The van der Waals surface area contributed by atoms with Gasteiger partial charge in [-0.2, -0.15) is 5.26 Å². The lowest BCUT2D eigenvalue weighted by molar-refractivity contribution is -0.115. The lowest BCUT2D eigenvalue weighted by atomic mass is 10.1. The van der Waals surface area contributed by atoms with E-state index in [-0.39, 0.29) is 12.3 Å². The molecule has 0 aliphatic heterocycles. The standard InChI is InChI=1S/C15H11BrN2O/c16-13-7-5-11(6-8-13)9-15(19)18-14-4-2-1-3-12(14)10-17/h1-8H,9H2,(H,18,19). The number of nitrogens with one attached hydrogen (secondary N) is 1. The van der Waals surface area contributed by atoms with Crippen LogP contribution in [0.2, 0.25) is 0 Å². The molecule has 1 amide bonds. The molecule has 4 heteroatoms. The number of rotatable bonds is 3. The molecule has 0 atom stereocenters. The first-order chi connectivity index (χ1) is 9.19. The van der Waals surface area contributed by atoms with Gasteiger partial charge in [0.2, 0.25) is 5.91 Å². The Morgan fingerprint density at radius 2 is 1.84 bits per heavy atom. The number of para-hydroxylation sites is 1. The van der Waals surface area contributed by atoms with Gasteiger partial charge in [0.1, 0.15) is 6.07 Å². The lowest BCUT2D eigenvalue weighted by Crippen LogP contribution is -2.15. The molecular weight excluding hydrogens is 304 g/mol. The fourth-order valence-corrected chi connectivity index (χ4v) is 1.94. The van der Waals surface area contributed by atoms with Crippen LogP contribution in [0.5, 0.6) is 0 Å². The molecular formula is C15H11BrN2O. The molecule has 2 rings (SSSR count). The van der Waals surface area contributed by atoms with Crippen molar-refractivity contribution in [3.05, 3.63) is 64.1 Å². The van der Waals surface area contributed by atoms with Gasteiger partial charge in [0.15, 0.2) is 0 Å². The van der Waals surface area contributed by atoms with Crippen molar-refractivity contribution in [2.45, 2.75) is 6.42 Å². The summed E-state index contributed by atoms with van der Waals surface area (Å²) in [7, 11) is 0. The van der Waals surface area contributed by atoms with Crippen LogP contribution in [0.3, 0.4) is 0 Å². The minimum absolute atomic E-state index is 0.134. The molecule has 0 aliphatic carbocycles. The largest absolute Gasteiger partial charge is 0.325 e. The van der Waals surface area contributed by atoms with Crippen LogP contribution in [0.25, 0.3) is 0 Å². The van der Waals surface area contributed by atoms with Crippen LogP contribution < -0.4 is 5.32 Å². The number of anilines is 1. The topological polar surface area (TPSA) is 52.9 Å². The van der Waals surface area contributed by atoms with Crippen LogP contribution in [0.15, 0.2) is 53.0 Å². The van der Waals surface area contributed by atoms with Crippen LogP contribution in [0, 0.1) is 11.3 Å². The van der Waals surface area contributed by atoms with Gasteiger partial charge in [0, 0.05) is 4.47 Å². The molecule has 1 N–H and O–H groups in total. The average Bonchev–Trinajstić information content (AvgIpc) is 2.42. The highest BCUT2D eigenvalue weighted by atomic mass is 79.9. The molecule has 2 aromatic carbocycles. The van der Waals surface area contributed by atoms with Gasteiger partial charge in [-0.1, -0.05) is 40.2 Å². The van der Waals surface area contributed by atoms with Crippen molar-refractivity contribution in [2.24, 2.45) is 0 Å². The summed E-state index contributed by atoms with van der Waals surface area (Å²) >= 11 is 3.35. The van der Waals surface area contributed by atoms with E-state index in [2.05, 4.69) is 27.3 Å². The fraction of sp³-hybridized carbons (Fsp3) is 0.0667. The molecule has 0 aromatic heterocycles. The Labute approximate surface area is 120 Å². The van der Waals surface area contributed by atoms with Crippen molar-refractivity contribution in [1.82, 2.24) is 0 Å². The molecule has 0 radical (unpaired) electrons. The maximum Gasteiger partial charge on any atom is 0.228 e. The number of carbonyl (C=O) groups is 1. The molecule has 2 aromatic rings. The smallest absolute Gasteiger partial charge is 0.228 e. The maximum absolute atomic E-state index is 11.9. The van der Waals surface area contributed by atoms with Gasteiger partial charge < -0.3 is 5.32 Å². The minimum Gasteiger partial charge on any atom is -0.325 e. The van der Waals surface area contributed by atoms with Crippen molar-refractivity contribution in [1.29, 1.82) is 5.26 Å². The molecule has 0 bridgehead atoms. The zero-order valence-electron chi connectivity index (χ0n) is 10.1. The van der Waals surface area contributed by atoms with Gasteiger partial charge in [-0.25, -0.2) is 0 Å². The molecule has 3 nitrogen and oxygen atoms in total. The summed E-state index contributed by atoms with van der Waals surface area (Å²) < 4.78 is 0.978. The number of nitrogens with zero attached hydrogens (tertiary/aromatic N) is 1. The monoisotopic (exact) mass is 314 g/mol. The van der Waals surface area contributed by atoms with E-state index in [1.807, 2.05) is 24.3 Å². The summed E-state index contributed by atoms with van der Waals surface area (Å²) in [6.07, 6.45) is 0.285. The van der Waals surface area contributed by atoms with Gasteiger partial charge in [-0.05, 0) is 29.8 Å². The number of halogens is 1. The summed E-state index contributed by atoms with van der Waals surface area (Å²) in [5.74, 6) is -0.134. The highest BCUT2D eigenvalue weighted by molar-refractivity contribution is 9.10. The first-order valence-electron chi connectivity index (χ1n) is 5.72. The van der Waals surface area contributed by atoms with Crippen LogP contribution in [-0.2, 0) is 11.2 Å². The van der Waals surface area contributed by atoms with E-state index in [9.17, 15) is 4.79 Å². The van der Waals surface area contributed by atoms with E-state index in [1.165, 1.54) is 0 Å². The van der Waals surface area contributed by atoms with Gasteiger partial charge in [0.25, 0.3) is 0 Å². The van der Waals surface area contributed by atoms with Gasteiger partial charge in [-0.3, -0.25) is 4.79 Å². The fourth-order valence-electron chi connectivity index (χ4n) is 1.67. The number of benzene rings is 2. The number of hydrogen-bond donors (Lipinski definition) is 1. The molecule has 0 heterocycles. The summed E-state index contributed by atoms with van der Waals surface area (Å²) in [6.45, 7) is 0. The first-order valence-corrected chi connectivity index (χ1v) is 6.52. The predicted molar refractivity (Wildman–Crippen MR) is 77.6 cm³/mol. The Morgan fingerprint density at radius 3 is 2.53 bits per heavy atom. The van der Waals surface area contributed by atoms with Crippen molar-refractivity contribution in [3.8, 4) is 6.07 Å². The highest BCUT2D eigenvalue weighted by Crippen LogP contribution is 2.15. The minimum atomic E-state index is -0.134. The Bertz CT molecular complexity index is 629. The van der Waals surface area contributed by atoms with E-state index in [1.54, 1.807) is 24.3 Å². The first kappa shape index (κ1) is 13.3. The lowest BCUT2D eigenvalue weighted by Gasteiger charge is -2.06. The Kier molecular flexibility index (Phi) is 4.32. The second kappa shape index (κ2) is 6.17. The molecule has 19 heavy (non-hydrogen) atoms. The van der Waals surface area contributed by atoms with E-state index in [0.717, 1.165) is 10.0 Å². The average molecular weight is 315 g/mol. The van der Waals surface area contributed by atoms with E-state index in [4.69, 9.17) is 5.26 Å². The van der Waals surface area contributed by atoms with Crippen molar-refractivity contribution < 1.29 is 4.79 Å². The van der Waals surface area contributed by atoms with Crippen molar-refractivity contribution in [3.63, 3.8) is 0 Å². The third-order valence-electron chi connectivity index (χ3n) is 2.60. The normalized spacial score (nSPS) is 9.68. The van der Waals surface area contributed by atoms with Crippen LogP contribution >= 0.6 is 15.9 Å². The SMILES string of the molecule is N#Cc1ccccc1NC(=O)Cc1ccc(Br)cc1. The van der Waals surface area contributed by atoms with E-state index < -0.39 is 0 Å². The molecule has 0 fully saturated rings. The molecule has 0 saturated carbocycles. The summed E-state index contributed by atoms with van der Waals surface area (Å²) in [6, 6.07) is 16.6. The third-order valence-corrected chi connectivity index (χ3v) is 3.13. The molecule has 0 aliphatic rings. The van der Waals surface area contributed by atoms with Gasteiger partial charge in [0.05, 0.1) is 17.7 Å². The molecule has 0 spiro atoms. The summed E-state index contributed by atoms with van der Waals surface area (Å²) in [4.78, 5) is 11.9. The number of carbonyl (C=O) groups excluding carboxylic acids is 1. The Morgan fingerprint density at radius 1 is 1.16 bits per heavy atom. The highest BCUT2D eigenvalue weighted by Gasteiger charge is 2.07. The Hall–Kier alpha value is -2.12. The maximum atomic E-state index is 11.9. The second-order valence-electron chi connectivity index (χ2n) is 4.01. The van der Waals surface area contributed by atoms with Crippen LogP contribution in [0.4, 0.5) is 5.69 Å². The van der Waals surface area contributed by atoms with Crippen LogP contribution in [0.1, 0.15) is 11.1 Å². The summed E-state index contributed by atoms with van der Waals surface area (Å²) in [5.41, 5.74) is 1.94. The zero-order valence-corrected chi connectivity index (χ0v) is 11.6. The summed E-state index contributed by atoms with van der Waals surface area (Å²) in [5, 5.41) is 11.7. The van der Waals surface area contributed by atoms with Crippen molar-refractivity contribution >= 4 is 27.5 Å². The van der Waals surface area contributed by atoms with E-state index >= 15 is 0 Å².